The molecule has 2 heterocycles. The van der Waals surface area contributed by atoms with E-state index in [1.165, 1.54) is 6.33 Å². The number of primary amides is 1. The average Bonchev–Trinajstić information content (AvgIpc) is 2.73. The number of aromatic nitrogens is 2. The number of halogens is 2. The Morgan fingerprint density at radius 3 is 2.77 bits per heavy atom. The Kier molecular flexibility index (Phi) is 8.38. The fourth-order valence-electron chi connectivity index (χ4n) is 3.73. The molecule has 1 aromatic heterocycles. The maximum Gasteiger partial charge on any atom is 0.231 e. The molecule has 0 unspecified atom stereocenters. The molecule has 2 atom stereocenters. The summed E-state index contributed by atoms with van der Waals surface area (Å²) in [6.45, 7) is 4.62. The Morgan fingerprint density at radius 1 is 1.39 bits per heavy atom. The molecule has 0 bridgehead atoms. The van der Waals surface area contributed by atoms with Crippen molar-refractivity contribution in [1.29, 1.82) is 0 Å². The molecule has 1 fully saturated rings. The molecule has 1 saturated heterocycles. The lowest BCUT2D eigenvalue weighted by Gasteiger charge is -2.35. The first-order valence-electron chi connectivity index (χ1n) is 10.3. The maximum atomic E-state index is 15.2. The summed E-state index contributed by atoms with van der Waals surface area (Å²) in [6.07, 6.45) is 1.40. The summed E-state index contributed by atoms with van der Waals surface area (Å²) in [5.41, 5.74) is 6.30. The van der Waals surface area contributed by atoms with Crippen LogP contribution >= 0.6 is 22.6 Å². The topological polar surface area (TPSA) is 108 Å². The van der Waals surface area contributed by atoms with Gasteiger partial charge in [0.25, 0.3) is 0 Å². The highest BCUT2D eigenvalue weighted by Gasteiger charge is 2.28. The van der Waals surface area contributed by atoms with Gasteiger partial charge in [-0.3, -0.25) is 9.69 Å². The van der Waals surface area contributed by atoms with Gasteiger partial charge in [0, 0.05) is 35.7 Å². The monoisotopic (exact) mass is 542 g/mol. The number of hydrogen-bond acceptors (Lipinski definition) is 7. The number of piperidine rings is 1. The van der Waals surface area contributed by atoms with Gasteiger partial charge in [-0.1, -0.05) is 12.1 Å². The second-order valence-electron chi connectivity index (χ2n) is 7.70. The molecular weight excluding hydrogens is 514 g/mol. The Labute approximate surface area is 195 Å². The van der Waals surface area contributed by atoms with Crippen molar-refractivity contribution in [2.75, 3.05) is 42.9 Å². The molecule has 2 aromatic rings. The zero-order chi connectivity index (χ0) is 22.4. The van der Waals surface area contributed by atoms with Gasteiger partial charge in [0.2, 0.25) is 11.7 Å². The minimum atomic E-state index is -0.627. The van der Waals surface area contributed by atoms with E-state index in [1.807, 2.05) is 41.0 Å². The van der Waals surface area contributed by atoms with Gasteiger partial charge in [0.15, 0.2) is 11.6 Å². The van der Waals surface area contributed by atoms with Crippen molar-refractivity contribution in [2.24, 2.45) is 11.7 Å². The molecule has 8 nitrogen and oxygen atoms in total. The van der Waals surface area contributed by atoms with E-state index in [-0.39, 0.29) is 24.1 Å². The van der Waals surface area contributed by atoms with Crippen molar-refractivity contribution in [3.05, 3.63) is 45.5 Å². The summed E-state index contributed by atoms with van der Waals surface area (Å²) in [5, 5.41) is 13.4. The number of anilines is 2. The van der Waals surface area contributed by atoms with Crippen molar-refractivity contribution in [3.63, 3.8) is 0 Å². The fraction of sp³-hybridized carbons (Fsp3) is 0.476. The van der Waals surface area contributed by atoms with Gasteiger partial charge >= 0.3 is 0 Å². The van der Waals surface area contributed by atoms with Crippen LogP contribution in [0.1, 0.15) is 18.9 Å². The maximum absolute atomic E-state index is 15.2. The predicted octanol–water partition coefficient (Wildman–Crippen LogP) is 1.83. The van der Waals surface area contributed by atoms with Gasteiger partial charge in [0.1, 0.15) is 6.33 Å². The quantitative estimate of drug-likeness (QED) is 0.415. The normalized spacial score (nSPS) is 19.2. The SMILES string of the molecule is CCN(Cc1ccc(I)cc1)c1ncnc(NC[C@@H]2CCN(CC(N)=O)C[C@H]2O)c1F. The number of carbonyl (C=O) groups is 1. The Hall–Kier alpha value is -2.05. The molecule has 0 radical (unpaired) electrons. The Balaban J connectivity index is 1.63. The zero-order valence-electron chi connectivity index (χ0n) is 17.5. The van der Waals surface area contributed by atoms with Gasteiger partial charge in [0.05, 0.1) is 12.6 Å². The predicted molar refractivity (Wildman–Crippen MR) is 126 cm³/mol. The van der Waals surface area contributed by atoms with Crippen LogP contribution in [-0.4, -0.2) is 64.7 Å². The van der Waals surface area contributed by atoms with E-state index in [9.17, 15) is 9.90 Å². The third kappa shape index (κ3) is 6.47. The van der Waals surface area contributed by atoms with Crippen LogP contribution in [0.15, 0.2) is 30.6 Å². The zero-order valence-corrected chi connectivity index (χ0v) is 19.6. The van der Waals surface area contributed by atoms with Crippen LogP contribution < -0.4 is 16.0 Å². The molecule has 1 aliphatic heterocycles. The second kappa shape index (κ2) is 11.0. The fourth-order valence-corrected chi connectivity index (χ4v) is 4.09. The smallest absolute Gasteiger partial charge is 0.231 e. The molecule has 0 saturated carbocycles. The van der Waals surface area contributed by atoms with E-state index in [2.05, 4.69) is 37.9 Å². The van der Waals surface area contributed by atoms with Crippen LogP contribution in [0.2, 0.25) is 0 Å². The molecular formula is C21H28FIN6O2. The third-order valence-electron chi connectivity index (χ3n) is 5.46. The van der Waals surface area contributed by atoms with Crippen LogP contribution in [0, 0.1) is 15.3 Å². The van der Waals surface area contributed by atoms with Crippen molar-refractivity contribution in [3.8, 4) is 0 Å². The molecule has 0 aliphatic carbocycles. The van der Waals surface area contributed by atoms with E-state index in [4.69, 9.17) is 5.73 Å². The van der Waals surface area contributed by atoms with Crippen LogP contribution in [0.4, 0.5) is 16.0 Å². The lowest BCUT2D eigenvalue weighted by atomic mass is 9.94. The number of hydrogen-bond donors (Lipinski definition) is 3. The number of nitrogens with two attached hydrogens (primary N) is 1. The molecule has 10 heteroatoms. The van der Waals surface area contributed by atoms with Crippen LogP contribution in [-0.2, 0) is 11.3 Å². The first kappa shape index (κ1) is 23.6. The number of aliphatic hydroxyl groups excluding tert-OH is 1. The number of likely N-dealkylation sites (tertiary alicyclic amines) is 1. The van der Waals surface area contributed by atoms with E-state index in [1.54, 1.807) is 0 Å². The van der Waals surface area contributed by atoms with Crippen molar-refractivity contribution in [1.82, 2.24) is 14.9 Å². The third-order valence-corrected chi connectivity index (χ3v) is 6.17. The Bertz CT molecular complexity index is 885. The number of rotatable bonds is 9. The summed E-state index contributed by atoms with van der Waals surface area (Å²) in [4.78, 5) is 23.0. The molecule has 0 spiro atoms. The number of nitrogens with zero attached hydrogens (tertiary/aromatic N) is 4. The standard InChI is InChI=1S/C21H28FIN6O2/c1-2-29(10-14-3-5-16(23)6-4-14)21-19(22)20(26-13-27-21)25-9-15-7-8-28(11-17(15)30)12-18(24)31/h3-6,13,15,17,30H,2,7-12H2,1H3,(H2,24,31)(H,25,26,27)/t15-,17+/m0/s1. The number of benzene rings is 1. The Morgan fingerprint density at radius 2 is 2.13 bits per heavy atom. The van der Waals surface area contributed by atoms with Gasteiger partial charge in [-0.2, -0.15) is 4.39 Å². The lowest BCUT2D eigenvalue weighted by molar-refractivity contribution is -0.120. The number of β-amino-alcohol motifs (C(OH)–C–C–N with tert-alkyl or cyclic N) is 1. The number of carbonyl (C=O) groups excluding carboxylic acids is 1. The number of nitrogens with one attached hydrogen (secondary N) is 1. The largest absolute Gasteiger partial charge is 0.391 e. The van der Waals surface area contributed by atoms with Gasteiger partial charge in [-0.15, -0.1) is 0 Å². The highest BCUT2D eigenvalue weighted by Crippen LogP contribution is 2.24. The minimum absolute atomic E-state index is 0.0731. The molecule has 1 aromatic carbocycles. The van der Waals surface area contributed by atoms with Gasteiger partial charge < -0.3 is 21.1 Å². The van der Waals surface area contributed by atoms with Gasteiger partial charge in [-0.25, -0.2) is 9.97 Å². The van der Waals surface area contributed by atoms with E-state index in [0.29, 0.717) is 39.1 Å². The first-order valence-corrected chi connectivity index (χ1v) is 11.4. The van der Waals surface area contributed by atoms with Crippen LogP contribution in [0.5, 0.6) is 0 Å². The summed E-state index contributed by atoms with van der Waals surface area (Å²) in [6, 6.07) is 8.09. The van der Waals surface area contributed by atoms with Crippen molar-refractivity contribution < 1.29 is 14.3 Å². The molecule has 168 valence electrons. The van der Waals surface area contributed by atoms with Gasteiger partial charge in [-0.05, 0) is 60.2 Å². The summed E-state index contributed by atoms with van der Waals surface area (Å²) in [7, 11) is 0. The second-order valence-corrected chi connectivity index (χ2v) is 8.94. The summed E-state index contributed by atoms with van der Waals surface area (Å²) in [5.74, 6) is -0.621. The van der Waals surface area contributed by atoms with Crippen molar-refractivity contribution >= 4 is 40.1 Å². The highest BCUT2D eigenvalue weighted by molar-refractivity contribution is 14.1. The summed E-state index contributed by atoms with van der Waals surface area (Å²) >= 11 is 2.25. The van der Waals surface area contributed by atoms with E-state index < -0.39 is 17.8 Å². The molecule has 31 heavy (non-hydrogen) atoms. The first-order chi connectivity index (χ1) is 14.9. The average molecular weight is 542 g/mol. The molecule has 4 N–H and O–H groups in total. The number of aliphatic hydroxyl groups is 1. The lowest BCUT2D eigenvalue weighted by Crippen LogP contribution is -2.48. The van der Waals surface area contributed by atoms with E-state index >= 15 is 4.39 Å². The van der Waals surface area contributed by atoms with E-state index in [0.717, 1.165) is 9.13 Å². The highest BCUT2D eigenvalue weighted by atomic mass is 127. The van der Waals surface area contributed by atoms with Crippen LogP contribution in [0.3, 0.4) is 0 Å². The molecule has 3 rings (SSSR count). The number of amides is 1. The van der Waals surface area contributed by atoms with Crippen molar-refractivity contribution in [2.45, 2.75) is 26.0 Å². The summed E-state index contributed by atoms with van der Waals surface area (Å²) < 4.78 is 16.3. The minimum Gasteiger partial charge on any atom is -0.391 e. The molecule has 1 amide bonds. The molecule has 1 aliphatic rings. The van der Waals surface area contributed by atoms with Crippen LogP contribution in [0.25, 0.3) is 0 Å².